The molecule has 0 saturated carbocycles. The van der Waals surface area contributed by atoms with E-state index in [1.54, 1.807) is 24.3 Å². The van der Waals surface area contributed by atoms with Crippen LogP contribution < -0.4 is 4.72 Å². The maximum absolute atomic E-state index is 12.9. The van der Waals surface area contributed by atoms with Crippen LogP contribution in [0.2, 0.25) is 0 Å². The van der Waals surface area contributed by atoms with Gasteiger partial charge in [0.2, 0.25) is 20.0 Å². The first-order valence-corrected chi connectivity index (χ1v) is 12.8. The molecule has 0 bridgehead atoms. The second-order valence-electron chi connectivity index (χ2n) is 7.17. The molecule has 0 aromatic heterocycles. The van der Waals surface area contributed by atoms with Gasteiger partial charge < -0.3 is 0 Å². The van der Waals surface area contributed by atoms with Gasteiger partial charge in [-0.2, -0.15) is 9.52 Å². The van der Waals surface area contributed by atoms with Crippen LogP contribution in [0.15, 0.2) is 53.6 Å². The monoisotopic (exact) mass is 435 g/mol. The van der Waals surface area contributed by atoms with Gasteiger partial charge in [-0.3, -0.25) is 4.72 Å². The molecule has 0 amide bonds. The molecular weight excluding hydrogens is 410 g/mol. The minimum absolute atomic E-state index is 0.0157. The molecule has 0 fully saturated rings. The lowest BCUT2D eigenvalue weighted by atomic mass is 9.96. The molecule has 0 saturated heterocycles. The Bertz CT molecular complexity index is 1140. The summed E-state index contributed by atoms with van der Waals surface area (Å²) < 4.78 is 52.5. The normalized spacial score (nSPS) is 17.3. The van der Waals surface area contributed by atoms with Crippen molar-refractivity contribution in [2.75, 3.05) is 16.7 Å². The molecule has 1 atom stereocenters. The minimum Gasteiger partial charge on any atom is -0.284 e. The van der Waals surface area contributed by atoms with Crippen molar-refractivity contribution in [3.05, 3.63) is 65.2 Å². The molecule has 1 N–H and O–H groups in total. The van der Waals surface area contributed by atoms with E-state index >= 15 is 0 Å². The maximum Gasteiger partial charge on any atom is 0.250 e. The second-order valence-corrected chi connectivity index (χ2v) is 10.9. The largest absolute Gasteiger partial charge is 0.284 e. The minimum atomic E-state index is -3.57. The summed E-state index contributed by atoms with van der Waals surface area (Å²) in [5.74, 6) is 0.0157. The van der Waals surface area contributed by atoms with Crippen molar-refractivity contribution in [1.29, 1.82) is 0 Å². The van der Waals surface area contributed by atoms with Crippen LogP contribution in [0.4, 0.5) is 5.69 Å². The first-order valence-electron chi connectivity index (χ1n) is 9.34. The number of hydrogen-bond donors (Lipinski definition) is 1. The van der Waals surface area contributed by atoms with Gasteiger partial charge in [0.1, 0.15) is 0 Å². The highest BCUT2D eigenvalue weighted by atomic mass is 32.2. The summed E-state index contributed by atoms with van der Waals surface area (Å²) in [5, 5.41) is 4.47. The summed E-state index contributed by atoms with van der Waals surface area (Å²) in [6.07, 6.45) is 1.99. The molecule has 3 rings (SSSR count). The zero-order valence-corrected chi connectivity index (χ0v) is 18.3. The Balaban J connectivity index is 2.03. The predicted octanol–water partition coefficient (Wildman–Crippen LogP) is 3.26. The number of aryl methyl sites for hydroxylation is 1. The molecular formula is C20H25N3O4S2. The van der Waals surface area contributed by atoms with Gasteiger partial charge in [0.05, 0.1) is 23.8 Å². The van der Waals surface area contributed by atoms with Crippen LogP contribution in [-0.4, -0.2) is 39.0 Å². The molecule has 7 nitrogen and oxygen atoms in total. The number of hydrazone groups is 1. The molecule has 1 aliphatic rings. The maximum atomic E-state index is 12.9. The number of rotatable bonds is 7. The van der Waals surface area contributed by atoms with Crippen molar-refractivity contribution in [3.8, 4) is 0 Å². The average molecular weight is 436 g/mol. The summed E-state index contributed by atoms with van der Waals surface area (Å²) in [4.78, 5) is 0. The van der Waals surface area contributed by atoms with E-state index in [1.165, 1.54) is 4.41 Å². The quantitative estimate of drug-likeness (QED) is 0.722. The molecule has 2 aromatic rings. The van der Waals surface area contributed by atoms with E-state index in [0.29, 0.717) is 29.8 Å². The lowest BCUT2D eigenvalue weighted by Crippen LogP contribution is -2.29. The van der Waals surface area contributed by atoms with Crippen LogP contribution in [0.25, 0.3) is 0 Å². The number of nitrogens with zero attached hydrogens (tertiary/aromatic N) is 2. The SMILES string of the molecule is CCCS(=O)(=O)N1N=C(c2cccc(NS(C)(=O)=O)c2)C[C@@H]1c1ccccc1C. The van der Waals surface area contributed by atoms with E-state index < -0.39 is 26.1 Å². The van der Waals surface area contributed by atoms with Gasteiger partial charge in [-0.25, -0.2) is 16.8 Å². The van der Waals surface area contributed by atoms with E-state index in [0.717, 1.165) is 17.4 Å². The van der Waals surface area contributed by atoms with Gasteiger partial charge in [0, 0.05) is 12.1 Å². The van der Waals surface area contributed by atoms with Crippen molar-refractivity contribution in [2.24, 2.45) is 5.10 Å². The molecule has 0 aliphatic carbocycles. The summed E-state index contributed by atoms with van der Waals surface area (Å²) >= 11 is 0. The number of hydrogen-bond acceptors (Lipinski definition) is 5. The van der Waals surface area contributed by atoms with Gasteiger partial charge in [-0.05, 0) is 42.2 Å². The lowest BCUT2D eigenvalue weighted by Gasteiger charge is -2.24. The Labute approximate surface area is 172 Å². The van der Waals surface area contributed by atoms with Crippen LogP contribution in [-0.2, 0) is 20.0 Å². The Kier molecular flexibility index (Phi) is 6.00. The Morgan fingerprint density at radius 1 is 1.10 bits per heavy atom. The third-order valence-electron chi connectivity index (χ3n) is 4.67. The fourth-order valence-corrected chi connectivity index (χ4v) is 5.50. The summed E-state index contributed by atoms with van der Waals surface area (Å²) in [6, 6.07) is 14.1. The highest BCUT2D eigenvalue weighted by Crippen LogP contribution is 2.36. The van der Waals surface area contributed by atoms with Crippen LogP contribution in [0, 0.1) is 6.92 Å². The first kappa shape index (κ1) is 21.3. The fourth-order valence-electron chi connectivity index (χ4n) is 3.44. The summed E-state index contributed by atoms with van der Waals surface area (Å²) in [5.41, 5.74) is 3.62. The van der Waals surface area contributed by atoms with Crippen molar-refractivity contribution in [1.82, 2.24) is 4.41 Å². The Morgan fingerprint density at radius 2 is 1.83 bits per heavy atom. The van der Waals surface area contributed by atoms with Crippen LogP contribution in [0.3, 0.4) is 0 Å². The number of nitrogens with one attached hydrogen (secondary N) is 1. The highest BCUT2D eigenvalue weighted by molar-refractivity contribution is 7.92. The van der Waals surface area contributed by atoms with Crippen LogP contribution in [0.1, 0.15) is 42.5 Å². The van der Waals surface area contributed by atoms with Gasteiger partial charge in [0.15, 0.2) is 0 Å². The van der Waals surface area contributed by atoms with Crippen LogP contribution >= 0.6 is 0 Å². The van der Waals surface area contributed by atoms with Crippen molar-refractivity contribution < 1.29 is 16.8 Å². The second kappa shape index (κ2) is 8.16. The topological polar surface area (TPSA) is 95.9 Å². The van der Waals surface area contributed by atoms with Gasteiger partial charge in [-0.15, -0.1) is 0 Å². The van der Waals surface area contributed by atoms with Crippen LogP contribution in [0.5, 0.6) is 0 Å². The smallest absolute Gasteiger partial charge is 0.250 e. The number of benzene rings is 2. The zero-order valence-electron chi connectivity index (χ0n) is 16.7. The predicted molar refractivity (Wildman–Crippen MR) is 116 cm³/mol. The Hall–Kier alpha value is -2.39. The fraction of sp³-hybridized carbons (Fsp3) is 0.350. The van der Waals surface area contributed by atoms with Gasteiger partial charge >= 0.3 is 0 Å². The molecule has 1 aliphatic heterocycles. The van der Waals surface area contributed by atoms with Crippen molar-refractivity contribution >= 4 is 31.4 Å². The van der Waals surface area contributed by atoms with E-state index in [4.69, 9.17) is 0 Å². The third-order valence-corrected chi connectivity index (χ3v) is 7.10. The first-order chi connectivity index (χ1) is 13.6. The lowest BCUT2D eigenvalue weighted by molar-refractivity contribution is 0.370. The molecule has 0 unspecified atom stereocenters. The van der Waals surface area contributed by atoms with Crippen molar-refractivity contribution in [3.63, 3.8) is 0 Å². The molecule has 9 heteroatoms. The third kappa shape index (κ3) is 4.97. The summed E-state index contributed by atoms with van der Waals surface area (Å²) in [6.45, 7) is 3.77. The molecule has 0 spiro atoms. The number of anilines is 1. The highest BCUT2D eigenvalue weighted by Gasteiger charge is 2.36. The number of sulfonamides is 2. The van der Waals surface area contributed by atoms with E-state index in [9.17, 15) is 16.8 Å². The summed E-state index contributed by atoms with van der Waals surface area (Å²) in [7, 11) is -6.98. The van der Waals surface area contributed by atoms with E-state index in [-0.39, 0.29) is 5.75 Å². The molecule has 0 radical (unpaired) electrons. The molecule has 29 heavy (non-hydrogen) atoms. The van der Waals surface area contributed by atoms with E-state index in [2.05, 4.69) is 9.82 Å². The van der Waals surface area contributed by atoms with E-state index in [1.807, 2.05) is 38.1 Å². The average Bonchev–Trinajstić information content (AvgIpc) is 3.07. The van der Waals surface area contributed by atoms with Gasteiger partial charge in [0.25, 0.3) is 0 Å². The molecule has 2 aromatic carbocycles. The Morgan fingerprint density at radius 3 is 2.48 bits per heavy atom. The van der Waals surface area contributed by atoms with Crippen molar-refractivity contribution in [2.45, 2.75) is 32.7 Å². The standard InChI is InChI=1S/C20H25N3O4S2/c1-4-12-29(26,27)23-20(18-11-6-5-8-15(18)2)14-19(21-23)16-9-7-10-17(13-16)22-28(3,24)25/h5-11,13,20,22H,4,12,14H2,1-3H3/t20-/m1/s1. The van der Waals surface area contributed by atoms with Gasteiger partial charge in [-0.1, -0.05) is 43.3 Å². The molecule has 1 heterocycles. The zero-order chi connectivity index (χ0) is 21.2. The molecule has 156 valence electrons.